The van der Waals surface area contributed by atoms with Gasteiger partial charge >= 0.3 is 0 Å². The quantitative estimate of drug-likeness (QED) is 0.809. The van der Waals surface area contributed by atoms with Gasteiger partial charge in [0.25, 0.3) is 0 Å². The van der Waals surface area contributed by atoms with Crippen LogP contribution in [0.4, 0.5) is 5.82 Å². The number of anilines is 1. The molecular formula is C21H30N4O3. The largest absolute Gasteiger partial charge is 0.462 e. The molecule has 152 valence electrons. The second kappa shape index (κ2) is 9.05. The highest BCUT2D eigenvalue weighted by Crippen LogP contribution is 2.22. The molecule has 2 aromatic heterocycles. The Labute approximate surface area is 166 Å². The van der Waals surface area contributed by atoms with Gasteiger partial charge in [0.1, 0.15) is 23.9 Å². The first-order valence-corrected chi connectivity index (χ1v) is 10.1. The molecule has 0 radical (unpaired) electrons. The van der Waals surface area contributed by atoms with Crippen LogP contribution in [0.5, 0.6) is 0 Å². The number of aliphatic hydroxyl groups is 1. The number of aliphatic hydroxyl groups excluding tert-OH is 1. The fourth-order valence-electron chi connectivity index (χ4n) is 4.33. The van der Waals surface area contributed by atoms with Crippen molar-refractivity contribution in [3.63, 3.8) is 0 Å². The van der Waals surface area contributed by atoms with Gasteiger partial charge in [-0.2, -0.15) is 0 Å². The van der Waals surface area contributed by atoms with Gasteiger partial charge in [0.05, 0.1) is 12.6 Å². The average Bonchev–Trinajstić information content (AvgIpc) is 3.16. The number of rotatable bonds is 6. The van der Waals surface area contributed by atoms with Crippen molar-refractivity contribution in [3.05, 3.63) is 48.0 Å². The van der Waals surface area contributed by atoms with E-state index in [2.05, 4.69) is 25.8 Å². The third-order valence-electron chi connectivity index (χ3n) is 5.77. The van der Waals surface area contributed by atoms with Crippen molar-refractivity contribution < 1.29 is 14.3 Å². The number of hydrogen-bond donors (Lipinski definition) is 1. The van der Waals surface area contributed by atoms with E-state index in [-0.39, 0.29) is 12.1 Å². The van der Waals surface area contributed by atoms with E-state index in [1.165, 1.54) is 0 Å². The zero-order valence-corrected chi connectivity index (χ0v) is 16.5. The predicted molar refractivity (Wildman–Crippen MR) is 107 cm³/mol. The van der Waals surface area contributed by atoms with Crippen LogP contribution in [-0.2, 0) is 17.9 Å². The molecule has 4 heterocycles. The van der Waals surface area contributed by atoms with Gasteiger partial charge in [-0.3, -0.25) is 9.80 Å². The number of nitrogens with zero attached hydrogens (tertiary/aromatic N) is 4. The summed E-state index contributed by atoms with van der Waals surface area (Å²) in [4.78, 5) is 11.5. The van der Waals surface area contributed by atoms with Crippen molar-refractivity contribution in [2.75, 3.05) is 51.3 Å². The van der Waals surface area contributed by atoms with Crippen molar-refractivity contribution in [3.8, 4) is 0 Å². The molecule has 4 rings (SSSR count). The normalized spacial score (nSPS) is 24.6. The fourth-order valence-corrected chi connectivity index (χ4v) is 4.33. The Balaban J connectivity index is 1.26. The number of piperidine rings is 1. The highest BCUT2D eigenvalue weighted by molar-refractivity contribution is 5.38. The van der Waals surface area contributed by atoms with Gasteiger partial charge in [-0.25, -0.2) is 4.98 Å². The fraction of sp³-hybridized carbons (Fsp3) is 0.571. The minimum absolute atomic E-state index is 0.239. The monoisotopic (exact) mass is 386 g/mol. The summed E-state index contributed by atoms with van der Waals surface area (Å²) in [6.45, 7) is 6.75. The van der Waals surface area contributed by atoms with Crippen molar-refractivity contribution in [2.24, 2.45) is 0 Å². The lowest BCUT2D eigenvalue weighted by molar-refractivity contribution is -0.0188. The second-order valence-electron chi connectivity index (χ2n) is 7.67. The highest BCUT2D eigenvalue weighted by Gasteiger charge is 2.34. The van der Waals surface area contributed by atoms with Gasteiger partial charge in [-0.1, -0.05) is 6.07 Å². The summed E-state index contributed by atoms with van der Waals surface area (Å²) in [7, 11) is 1.67. The predicted octanol–water partition coefficient (Wildman–Crippen LogP) is 1.58. The maximum absolute atomic E-state index is 10.8. The number of methoxy groups -OCH3 is 1. The van der Waals surface area contributed by atoms with E-state index in [4.69, 9.17) is 9.15 Å². The van der Waals surface area contributed by atoms with Gasteiger partial charge in [-0.15, -0.1) is 0 Å². The molecular weight excluding hydrogens is 356 g/mol. The first-order chi connectivity index (χ1) is 13.7. The van der Waals surface area contributed by atoms with Crippen LogP contribution in [0.2, 0.25) is 0 Å². The van der Waals surface area contributed by atoms with Crippen molar-refractivity contribution in [1.29, 1.82) is 0 Å². The maximum atomic E-state index is 10.8. The zero-order chi connectivity index (χ0) is 19.3. The van der Waals surface area contributed by atoms with Crippen LogP contribution in [0.3, 0.4) is 0 Å². The second-order valence-corrected chi connectivity index (χ2v) is 7.67. The van der Waals surface area contributed by atoms with E-state index >= 15 is 0 Å². The molecule has 0 spiro atoms. The molecule has 1 N–H and O–H groups in total. The number of aromatic nitrogens is 1. The van der Waals surface area contributed by atoms with Crippen LogP contribution in [0.15, 0.2) is 40.9 Å². The lowest BCUT2D eigenvalue weighted by Crippen LogP contribution is -2.58. The molecule has 0 aromatic carbocycles. The number of pyridine rings is 1. The molecule has 0 aliphatic carbocycles. The Morgan fingerprint density at radius 1 is 1.11 bits per heavy atom. The summed E-state index contributed by atoms with van der Waals surface area (Å²) in [5.74, 6) is 2.82. The molecule has 0 saturated carbocycles. The number of β-amino-alcohol motifs (C(OH)–C–C–N with tert-alkyl or cyclic N) is 1. The summed E-state index contributed by atoms with van der Waals surface area (Å²) in [6, 6.07) is 10.3. The number of piperazine rings is 1. The average molecular weight is 386 g/mol. The summed E-state index contributed by atoms with van der Waals surface area (Å²) in [5.41, 5.74) is 0. The van der Waals surface area contributed by atoms with Gasteiger partial charge in [0.2, 0.25) is 0 Å². The van der Waals surface area contributed by atoms with Crippen LogP contribution in [-0.4, -0.2) is 78.4 Å². The summed E-state index contributed by atoms with van der Waals surface area (Å²) in [6.07, 6.45) is 2.50. The van der Waals surface area contributed by atoms with Gasteiger partial charge in [-0.05, 0) is 30.7 Å². The molecule has 7 nitrogen and oxygen atoms in total. The van der Waals surface area contributed by atoms with E-state index < -0.39 is 0 Å². The molecule has 0 bridgehead atoms. The minimum Gasteiger partial charge on any atom is -0.462 e. The zero-order valence-electron chi connectivity index (χ0n) is 16.5. The molecule has 2 saturated heterocycles. The van der Waals surface area contributed by atoms with Crippen LogP contribution >= 0.6 is 0 Å². The van der Waals surface area contributed by atoms with Gasteiger partial charge < -0.3 is 19.2 Å². The molecule has 7 heteroatoms. The highest BCUT2D eigenvalue weighted by atomic mass is 16.5. The van der Waals surface area contributed by atoms with Crippen LogP contribution < -0.4 is 4.90 Å². The molecule has 0 amide bonds. The smallest absolute Gasteiger partial charge is 0.129 e. The number of ether oxygens (including phenoxy) is 1. The topological polar surface area (TPSA) is 65.2 Å². The molecule has 28 heavy (non-hydrogen) atoms. The van der Waals surface area contributed by atoms with Gasteiger partial charge in [0, 0.05) is 58.6 Å². The Morgan fingerprint density at radius 3 is 2.64 bits per heavy atom. The number of hydrogen-bond acceptors (Lipinski definition) is 7. The maximum Gasteiger partial charge on any atom is 0.129 e. The third kappa shape index (κ3) is 4.55. The first kappa shape index (κ1) is 19.4. The molecule has 2 aliphatic rings. The number of likely N-dealkylation sites (tertiary alicyclic amines) is 1. The van der Waals surface area contributed by atoms with Gasteiger partial charge in [0.15, 0.2) is 0 Å². The van der Waals surface area contributed by atoms with Crippen molar-refractivity contribution in [2.45, 2.75) is 31.7 Å². The van der Waals surface area contributed by atoms with E-state index in [9.17, 15) is 5.11 Å². The lowest BCUT2D eigenvalue weighted by Gasteiger charge is -2.45. The third-order valence-corrected chi connectivity index (χ3v) is 5.77. The minimum atomic E-state index is -0.330. The van der Waals surface area contributed by atoms with E-state index in [0.717, 1.165) is 63.0 Å². The molecule has 2 aromatic rings. The van der Waals surface area contributed by atoms with Crippen LogP contribution in [0, 0.1) is 0 Å². The molecule has 0 unspecified atom stereocenters. The Bertz CT molecular complexity index is 730. The summed E-state index contributed by atoms with van der Waals surface area (Å²) in [5, 5.41) is 10.8. The first-order valence-electron chi connectivity index (χ1n) is 10.1. The molecule has 2 fully saturated rings. The Kier molecular flexibility index (Phi) is 6.26. The van der Waals surface area contributed by atoms with Crippen LogP contribution in [0.1, 0.15) is 17.9 Å². The number of furan rings is 1. The Hall–Kier alpha value is -1.93. The molecule has 2 atom stereocenters. The summed E-state index contributed by atoms with van der Waals surface area (Å²) < 4.78 is 10.9. The van der Waals surface area contributed by atoms with Crippen molar-refractivity contribution >= 4 is 5.82 Å². The lowest BCUT2D eigenvalue weighted by atomic mass is 9.99. The van der Waals surface area contributed by atoms with E-state index in [1.807, 2.05) is 30.5 Å². The summed E-state index contributed by atoms with van der Waals surface area (Å²) >= 11 is 0. The van der Waals surface area contributed by atoms with E-state index in [1.54, 1.807) is 7.11 Å². The van der Waals surface area contributed by atoms with E-state index in [0.29, 0.717) is 13.2 Å². The molecule has 2 aliphatic heterocycles. The van der Waals surface area contributed by atoms with Crippen LogP contribution in [0.25, 0.3) is 0 Å². The SMILES string of the molecule is COCc1ccc(CN2CC[C@@H](N3CCN(c4ccccn4)CC3)[C@H](O)C2)o1. The standard InChI is InChI=1S/C21H30N4O3/c1-27-16-18-6-5-17(28-18)14-23-9-7-19(20(26)15-23)24-10-12-25(13-11-24)21-4-2-3-8-22-21/h2-6,8,19-20,26H,7,9-16H2,1H3/t19-,20-/m1/s1. The van der Waals surface area contributed by atoms with Crippen molar-refractivity contribution in [1.82, 2.24) is 14.8 Å². The Morgan fingerprint density at radius 2 is 1.93 bits per heavy atom.